The molecule has 0 atom stereocenters. The Morgan fingerprint density at radius 2 is 0.613 bits per heavy atom. The highest BCUT2D eigenvalue weighted by Crippen LogP contribution is 2.61. The number of hydrogen-bond acceptors (Lipinski definition) is 4. The molecular formula is C102H73N9. The summed E-state index contributed by atoms with van der Waals surface area (Å²) in [6.07, 6.45) is 0.824. The minimum absolute atomic E-state index is 0.235. The molecule has 9 nitrogen and oxygen atoms in total. The molecule has 0 radical (unpaired) electrons. The van der Waals surface area contributed by atoms with Crippen LogP contribution in [-0.4, -0.2) is 42.8 Å². The molecule has 0 bridgehead atoms. The van der Waals surface area contributed by atoms with E-state index in [0.717, 1.165) is 73.9 Å². The predicted molar refractivity (Wildman–Crippen MR) is 459 cm³/mol. The Morgan fingerprint density at radius 1 is 0.270 bits per heavy atom. The summed E-state index contributed by atoms with van der Waals surface area (Å²) < 4.78 is 12.5. The summed E-state index contributed by atoms with van der Waals surface area (Å²) in [5.74, 6) is 2.97. The molecular weight excluding hydrogens is 1350 g/mol. The van der Waals surface area contributed by atoms with Crippen molar-refractivity contribution in [3.8, 4) is 84.9 Å². The van der Waals surface area contributed by atoms with Crippen LogP contribution < -0.4 is 0 Å². The molecule has 23 rings (SSSR count). The third kappa shape index (κ3) is 9.30. The number of fused-ring (bicyclic) bond motifs is 25. The van der Waals surface area contributed by atoms with Crippen molar-refractivity contribution in [2.75, 3.05) is 0 Å². The number of aryl methyl sites for hydroxylation is 1. The van der Waals surface area contributed by atoms with Gasteiger partial charge in [0.25, 0.3) is 0 Å². The molecule has 21 aromatic rings. The lowest BCUT2D eigenvalue weighted by molar-refractivity contribution is 0.666. The van der Waals surface area contributed by atoms with Gasteiger partial charge in [0.1, 0.15) is 5.82 Å². The monoisotopic (exact) mass is 1420 g/mol. The number of nitrogens with zero attached hydrogens (tertiary/aromatic N) is 9. The molecule has 2 aliphatic carbocycles. The third-order valence-electron chi connectivity index (χ3n) is 23.8. The van der Waals surface area contributed by atoms with Crippen LogP contribution in [0.1, 0.15) is 62.7 Å². The van der Waals surface area contributed by atoms with Crippen molar-refractivity contribution >= 4 is 98.3 Å². The van der Waals surface area contributed by atoms with Gasteiger partial charge in [0.2, 0.25) is 0 Å². The van der Waals surface area contributed by atoms with Crippen molar-refractivity contribution in [1.82, 2.24) is 42.8 Å². The second-order valence-electron chi connectivity index (χ2n) is 30.6. The van der Waals surface area contributed by atoms with Crippen LogP contribution in [0.5, 0.6) is 0 Å². The number of hydrogen-bond donors (Lipinski definition) is 0. The molecule has 0 amide bonds. The number of aromatic nitrogens is 9. The van der Waals surface area contributed by atoms with E-state index < -0.39 is 0 Å². The van der Waals surface area contributed by atoms with Crippen molar-refractivity contribution in [1.29, 1.82) is 0 Å². The SMILES string of the molecule is CC1(C)c2ccccc2-c2c1c1c3ccccc3n(-c3cccc(-c4nc(-c5ccccc5)nc(-c5ccccc5)n4)c3)c1c1c3ccccc3n(-c3ccccc3)c21.CCc1nc2ccccc2n1-c1ccccc1-n1c2ccccc2c2c3c(c4c(c5ccccc5n4-c4ccccc4)c21)-c1ccccc1C3(C)C. The molecule has 0 N–H and O–H groups in total. The van der Waals surface area contributed by atoms with E-state index in [1.165, 1.54) is 126 Å². The highest BCUT2D eigenvalue weighted by atomic mass is 15.1. The van der Waals surface area contributed by atoms with Gasteiger partial charge >= 0.3 is 0 Å². The van der Waals surface area contributed by atoms with Gasteiger partial charge in [-0.1, -0.05) is 289 Å². The maximum absolute atomic E-state index is 5.13. The average Bonchev–Trinajstić information content (AvgIpc) is 1.51. The molecule has 6 aromatic heterocycles. The van der Waals surface area contributed by atoms with Crippen LogP contribution in [0.25, 0.3) is 183 Å². The van der Waals surface area contributed by atoms with Crippen LogP contribution in [0.15, 0.2) is 340 Å². The molecule has 0 aliphatic heterocycles. The Hall–Kier alpha value is -14.0. The van der Waals surface area contributed by atoms with Crippen LogP contribution in [0.4, 0.5) is 0 Å². The summed E-state index contributed by atoms with van der Waals surface area (Å²) in [4.78, 5) is 20.4. The number of benzene rings is 15. The van der Waals surface area contributed by atoms with Crippen LogP contribution in [0.2, 0.25) is 0 Å². The summed E-state index contributed by atoms with van der Waals surface area (Å²) in [5, 5.41) is 10.1. The van der Waals surface area contributed by atoms with Crippen molar-refractivity contribution < 1.29 is 0 Å². The summed E-state index contributed by atoms with van der Waals surface area (Å²) >= 11 is 0. The summed E-state index contributed by atoms with van der Waals surface area (Å²) in [7, 11) is 0. The molecule has 0 saturated heterocycles. The Labute approximate surface area is 641 Å². The zero-order valence-corrected chi connectivity index (χ0v) is 62.1. The first-order valence-electron chi connectivity index (χ1n) is 38.5. The maximum atomic E-state index is 5.13. The van der Waals surface area contributed by atoms with Crippen molar-refractivity contribution in [3.63, 3.8) is 0 Å². The lowest BCUT2D eigenvalue weighted by Crippen LogP contribution is -2.15. The van der Waals surface area contributed by atoms with Crippen LogP contribution in [-0.2, 0) is 17.3 Å². The second kappa shape index (κ2) is 24.5. The quantitative estimate of drug-likeness (QED) is 0.144. The summed E-state index contributed by atoms with van der Waals surface area (Å²) in [6, 6.07) is 122. The fourth-order valence-corrected chi connectivity index (χ4v) is 19.3. The number of imidazole rings is 1. The zero-order valence-electron chi connectivity index (χ0n) is 62.1. The second-order valence-corrected chi connectivity index (χ2v) is 30.6. The highest BCUT2D eigenvalue weighted by molar-refractivity contribution is 6.33. The lowest BCUT2D eigenvalue weighted by atomic mass is 9.80. The molecule has 0 saturated carbocycles. The Morgan fingerprint density at radius 3 is 1.09 bits per heavy atom. The third-order valence-corrected chi connectivity index (χ3v) is 23.8. The van der Waals surface area contributed by atoms with Crippen LogP contribution in [0.3, 0.4) is 0 Å². The van der Waals surface area contributed by atoms with Gasteiger partial charge in [0.15, 0.2) is 17.5 Å². The highest BCUT2D eigenvalue weighted by Gasteiger charge is 2.44. The smallest absolute Gasteiger partial charge is 0.164 e. The number of para-hydroxylation sites is 10. The van der Waals surface area contributed by atoms with Gasteiger partial charge in [0.05, 0.1) is 66.5 Å². The van der Waals surface area contributed by atoms with Gasteiger partial charge in [-0.15, -0.1) is 0 Å². The van der Waals surface area contributed by atoms with Crippen molar-refractivity contribution in [2.45, 2.75) is 51.9 Å². The van der Waals surface area contributed by atoms with Gasteiger partial charge in [-0.25, -0.2) is 19.9 Å². The van der Waals surface area contributed by atoms with E-state index in [1.807, 2.05) is 36.4 Å². The van der Waals surface area contributed by atoms with Crippen LogP contribution in [0, 0.1) is 0 Å². The van der Waals surface area contributed by atoms with E-state index in [1.54, 1.807) is 0 Å². The predicted octanol–water partition coefficient (Wildman–Crippen LogP) is 25.5. The maximum Gasteiger partial charge on any atom is 0.164 e. The molecule has 9 heteroatoms. The van der Waals surface area contributed by atoms with E-state index >= 15 is 0 Å². The van der Waals surface area contributed by atoms with Gasteiger partial charge in [0, 0.05) is 105 Å². The minimum Gasteiger partial charge on any atom is -0.309 e. The molecule has 526 valence electrons. The molecule has 0 fully saturated rings. The fourth-order valence-electron chi connectivity index (χ4n) is 19.3. The van der Waals surface area contributed by atoms with Gasteiger partial charge in [-0.05, 0) is 118 Å². The zero-order chi connectivity index (χ0) is 74.0. The molecule has 0 spiro atoms. The first-order chi connectivity index (χ1) is 54.6. The van der Waals surface area contributed by atoms with Gasteiger partial charge < -0.3 is 18.3 Å². The first-order valence-corrected chi connectivity index (χ1v) is 38.5. The Bertz CT molecular complexity index is 7360. The Kier molecular flexibility index (Phi) is 14.2. The van der Waals surface area contributed by atoms with Crippen molar-refractivity contribution in [2.24, 2.45) is 0 Å². The largest absolute Gasteiger partial charge is 0.309 e. The van der Waals surface area contributed by atoms with E-state index in [-0.39, 0.29) is 10.8 Å². The number of rotatable bonds is 9. The molecule has 111 heavy (non-hydrogen) atoms. The average molecular weight is 1420 g/mol. The Balaban J connectivity index is 0.000000138. The van der Waals surface area contributed by atoms with E-state index in [0.29, 0.717) is 17.5 Å². The fraction of sp³-hybridized carbons (Fsp3) is 0.0784. The van der Waals surface area contributed by atoms with E-state index in [4.69, 9.17) is 19.9 Å². The lowest BCUT2D eigenvalue weighted by Gasteiger charge is -2.23. The normalized spacial score (nSPS) is 13.3. The standard InChI is InChI=1S/C54H37N5.C48H36N4/c1-54(2)42-30-15-12-27-39(42)45-48(54)46-40-28-13-16-31-43(40)59(50(46)47-41-29-14-17-32-44(41)58(49(45)47)37-24-10-5-11-25-37)38-26-18-23-36(33-38)53-56-51(34-19-6-3-7-20-34)55-52(57-53)35-21-8-4-9-22-35;1-4-41-49-35-24-12-15-27-38(35)51(41)39-28-16-17-29-40(39)52-37-26-14-9-21-32(37)43-45-42(31-20-8-11-23-34(31)48(45,2)3)46-44(47(43)52)33-22-10-13-25-36(33)50(46)30-18-6-5-7-19-30/h3-33H,1-2H3;5-29H,4H2,1-3H3. The van der Waals surface area contributed by atoms with E-state index in [2.05, 4.69) is 361 Å². The van der Waals surface area contributed by atoms with Crippen LogP contribution >= 0.6 is 0 Å². The molecule has 15 aromatic carbocycles. The van der Waals surface area contributed by atoms with E-state index in [9.17, 15) is 0 Å². The molecule has 2 aliphatic rings. The van der Waals surface area contributed by atoms with Gasteiger partial charge in [-0.3, -0.25) is 4.57 Å². The summed E-state index contributed by atoms with van der Waals surface area (Å²) in [6.45, 7) is 11.8. The molecule has 0 unspecified atom stereocenters. The first kappa shape index (κ1) is 64.2. The molecule has 6 heterocycles. The minimum atomic E-state index is -0.264. The van der Waals surface area contributed by atoms with Gasteiger partial charge in [-0.2, -0.15) is 0 Å². The van der Waals surface area contributed by atoms with Crippen molar-refractivity contribution in [3.05, 3.63) is 368 Å². The summed E-state index contributed by atoms with van der Waals surface area (Å²) in [5.41, 5.74) is 30.5. The topological polar surface area (TPSA) is 76.2 Å².